The molecule has 0 bridgehead atoms. The number of nitrogens with one attached hydrogen (secondary N) is 1. The molecule has 0 saturated carbocycles. The van der Waals surface area contributed by atoms with Crippen molar-refractivity contribution in [2.24, 2.45) is 5.73 Å². The molecule has 5 N–H and O–H groups in total. The minimum absolute atomic E-state index is 0.376. The van der Waals surface area contributed by atoms with Crippen LogP contribution in [0.3, 0.4) is 0 Å². The summed E-state index contributed by atoms with van der Waals surface area (Å²) in [4.78, 5) is 11.0. The van der Waals surface area contributed by atoms with Gasteiger partial charge in [-0.2, -0.15) is 0 Å². The Kier molecular flexibility index (Phi) is 4.90. The summed E-state index contributed by atoms with van der Waals surface area (Å²) in [6.07, 6.45) is 0. The van der Waals surface area contributed by atoms with Crippen LogP contribution in [0, 0.1) is 0 Å². The molecule has 21 heavy (non-hydrogen) atoms. The molecule has 0 unspecified atom stereocenters. The summed E-state index contributed by atoms with van der Waals surface area (Å²) in [6.45, 7) is 1.02. The summed E-state index contributed by atoms with van der Waals surface area (Å²) < 4.78 is 5.55. The summed E-state index contributed by atoms with van der Waals surface area (Å²) in [7, 11) is 0. The highest BCUT2D eigenvalue weighted by Gasteiger charge is 2.05. The minimum atomic E-state index is -0.506. The Bertz CT molecular complexity index is 647. The topological polar surface area (TPSA) is 90.4 Å². The van der Waals surface area contributed by atoms with Crippen molar-refractivity contribution >= 4 is 28.9 Å². The molecule has 0 aliphatic heterocycles. The average molecular weight is 306 g/mol. The number of halogens is 1. The quantitative estimate of drug-likeness (QED) is 0.565. The maximum atomic E-state index is 11.0. The third-order valence-corrected chi connectivity index (χ3v) is 3.11. The van der Waals surface area contributed by atoms with E-state index in [1.165, 1.54) is 6.07 Å². The van der Waals surface area contributed by atoms with Gasteiger partial charge in [-0.3, -0.25) is 4.79 Å². The Balaban J connectivity index is 1.85. The van der Waals surface area contributed by atoms with Gasteiger partial charge in [0.25, 0.3) is 0 Å². The number of carbonyl (C=O) groups excluding carboxylic acids is 1. The highest BCUT2D eigenvalue weighted by Crippen LogP contribution is 2.22. The summed E-state index contributed by atoms with van der Waals surface area (Å²) in [5, 5.41) is 3.56. The second-order valence-corrected chi connectivity index (χ2v) is 4.81. The van der Waals surface area contributed by atoms with Crippen LogP contribution in [0.4, 0.5) is 11.4 Å². The van der Waals surface area contributed by atoms with Crippen molar-refractivity contribution in [3.05, 3.63) is 53.1 Å². The van der Waals surface area contributed by atoms with Crippen molar-refractivity contribution in [2.45, 2.75) is 0 Å². The molecular formula is C15H16ClN3O2. The van der Waals surface area contributed by atoms with E-state index in [0.29, 0.717) is 35.2 Å². The van der Waals surface area contributed by atoms with Crippen LogP contribution >= 0.6 is 11.6 Å². The number of ether oxygens (including phenoxy) is 1. The van der Waals surface area contributed by atoms with Gasteiger partial charge in [-0.1, -0.05) is 17.7 Å². The third kappa shape index (κ3) is 4.29. The van der Waals surface area contributed by atoms with Crippen LogP contribution in [0.1, 0.15) is 10.4 Å². The fourth-order valence-electron chi connectivity index (χ4n) is 1.77. The number of primary amides is 1. The maximum absolute atomic E-state index is 11.0. The Morgan fingerprint density at radius 3 is 2.71 bits per heavy atom. The van der Waals surface area contributed by atoms with Crippen LogP contribution in [0.5, 0.6) is 5.75 Å². The number of amides is 1. The number of carbonyl (C=O) groups is 1. The molecule has 0 aliphatic carbocycles. The number of anilines is 2. The van der Waals surface area contributed by atoms with E-state index in [9.17, 15) is 4.79 Å². The highest BCUT2D eigenvalue weighted by molar-refractivity contribution is 6.33. The lowest BCUT2D eigenvalue weighted by Crippen LogP contribution is -2.13. The van der Waals surface area contributed by atoms with Crippen LogP contribution in [-0.4, -0.2) is 19.1 Å². The van der Waals surface area contributed by atoms with E-state index >= 15 is 0 Å². The van der Waals surface area contributed by atoms with Gasteiger partial charge in [0, 0.05) is 23.9 Å². The van der Waals surface area contributed by atoms with Crippen LogP contribution < -0.4 is 21.5 Å². The smallest absolute Gasteiger partial charge is 0.248 e. The van der Waals surface area contributed by atoms with Gasteiger partial charge in [-0.05, 0) is 30.3 Å². The van der Waals surface area contributed by atoms with E-state index in [1.807, 2.05) is 12.1 Å². The normalized spacial score (nSPS) is 10.1. The molecule has 2 aromatic carbocycles. The van der Waals surface area contributed by atoms with E-state index in [2.05, 4.69) is 5.32 Å². The van der Waals surface area contributed by atoms with Gasteiger partial charge in [-0.15, -0.1) is 0 Å². The summed E-state index contributed by atoms with van der Waals surface area (Å²) in [6, 6.07) is 12.1. The predicted molar refractivity (Wildman–Crippen MR) is 84.8 cm³/mol. The van der Waals surface area contributed by atoms with Gasteiger partial charge in [0.1, 0.15) is 12.4 Å². The Morgan fingerprint density at radius 1 is 1.24 bits per heavy atom. The molecular weight excluding hydrogens is 290 g/mol. The molecule has 0 fully saturated rings. The molecule has 2 aromatic rings. The molecule has 0 atom stereocenters. The lowest BCUT2D eigenvalue weighted by atomic mass is 10.2. The second kappa shape index (κ2) is 6.85. The zero-order valence-electron chi connectivity index (χ0n) is 11.3. The largest absolute Gasteiger partial charge is 0.492 e. The second-order valence-electron chi connectivity index (χ2n) is 4.41. The van der Waals surface area contributed by atoms with Crippen LogP contribution in [0.25, 0.3) is 0 Å². The van der Waals surface area contributed by atoms with E-state index in [4.69, 9.17) is 27.8 Å². The minimum Gasteiger partial charge on any atom is -0.492 e. The summed E-state index contributed by atoms with van der Waals surface area (Å²) in [5.41, 5.74) is 12.6. The molecule has 0 aromatic heterocycles. The molecule has 0 spiro atoms. The van der Waals surface area contributed by atoms with Gasteiger partial charge in [0.2, 0.25) is 5.91 Å². The van der Waals surface area contributed by atoms with E-state index in [0.717, 1.165) is 5.69 Å². The van der Waals surface area contributed by atoms with Crippen LogP contribution in [0.2, 0.25) is 5.02 Å². The monoisotopic (exact) mass is 305 g/mol. The zero-order valence-corrected chi connectivity index (χ0v) is 12.1. The Hall–Kier alpha value is -2.40. The number of hydrogen-bond donors (Lipinski definition) is 3. The number of nitrogen functional groups attached to an aromatic ring is 1. The first-order valence-corrected chi connectivity index (χ1v) is 6.75. The molecule has 1 amide bonds. The van der Waals surface area contributed by atoms with Crippen molar-refractivity contribution in [2.75, 3.05) is 24.2 Å². The van der Waals surface area contributed by atoms with Crippen LogP contribution in [0.15, 0.2) is 42.5 Å². The Labute approximate surface area is 127 Å². The number of rotatable bonds is 6. The molecule has 0 saturated heterocycles. The van der Waals surface area contributed by atoms with Crippen molar-refractivity contribution < 1.29 is 9.53 Å². The molecule has 0 radical (unpaired) electrons. The lowest BCUT2D eigenvalue weighted by molar-refractivity contribution is 0.100. The van der Waals surface area contributed by atoms with Gasteiger partial charge >= 0.3 is 0 Å². The Morgan fingerprint density at radius 2 is 2.05 bits per heavy atom. The van der Waals surface area contributed by atoms with Gasteiger partial charge < -0.3 is 21.5 Å². The molecule has 5 nitrogen and oxygen atoms in total. The number of nitrogens with two attached hydrogens (primary N) is 2. The van der Waals surface area contributed by atoms with Gasteiger partial charge in [-0.25, -0.2) is 0 Å². The van der Waals surface area contributed by atoms with Crippen molar-refractivity contribution in [1.82, 2.24) is 0 Å². The summed E-state index contributed by atoms with van der Waals surface area (Å²) in [5.74, 6) is 0.209. The lowest BCUT2D eigenvalue weighted by Gasteiger charge is -2.10. The molecule has 6 heteroatoms. The number of benzene rings is 2. The molecule has 0 aliphatic rings. The van der Waals surface area contributed by atoms with E-state index < -0.39 is 5.91 Å². The van der Waals surface area contributed by atoms with Crippen molar-refractivity contribution in [3.63, 3.8) is 0 Å². The maximum Gasteiger partial charge on any atom is 0.248 e. The van der Waals surface area contributed by atoms with Gasteiger partial charge in [0.15, 0.2) is 0 Å². The fraction of sp³-hybridized carbons (Fsp3) is 0.133. The highest BCUT2D eigenvalue weighted by atomic mass is 35.5. The first-order valence-electron chi connectivity index (χ1n) is 6.38. The number of hydrogen-bond acceptors (Lipinski definition) is 4. The molecule has 110 valence electrons. The van der Waals surface area contributed by atoms with Crippen LogP contribution in [-0.2, 0) is 0 Å². The first kappa shape index (κ1) is 15.0. The SMILES string of the molecule is NC(=O)c1ccc(NCCOc2cccc(N)c2)c(Cl)c1. The van der Waals surface area contributed by atoms with E-state index in [-0.39, 0.29) is 0 Å². The molecule has 2 rings (SSSR count). The molecule has 0 heterocycles. The first-order chi connectivity index (χ1) is 10.1. The van der Waals surface area contributed by atoms with Crippen molar-refractivity contribution in [3.8, 4) is 5.75 Å². The zero-order chi connectivity index (χ0) is 15.2. The summed E-state index contributed by atoms with van der Waals surface area (Å²) >= 11 is 6.06. The predicted octanol–water partition coefficient (Wildman–Crippen LogP) is 2.51. The average Bonchev–Trinajstić information content (AvgIpc) is 2.45. The van der Waals surface area contributed by atoms with Crippen molar-refractivity contribution in [1.29, 1.82) is 0 Å². The standard InChI is InChI=1S/C15H16ClN3O2/c16-13-8-10(15(18)20)4-5-14(13)19-6-7-21-12-3-1-2-11(17)9-12/h1-5,8-9,19H,6-7,17H2,(H2,18,20). The van der Waals surface area contributed by atoms with Gasteiger partial charge in [0.05, 0.1) is 10.7 Å². The van der Waals surface area contributed by atoms with E-state index in [1.54, 1.807) is 24.3 Å². The third-order valence-electron chi connectivity index (χ3n) is 2.80. The fourth-order valence-corrected chi connectivity index (χ4v) is 2.02.